The molecule has 1 saturated heterocycles. The van der Waals surface area contributed by atoms with E-state index >= 15 is 0 Å². The Morgan fingerprint density at radius 3 is 2.62 bits per heavy atom. The molecular weight excluding hydrogens is 358 g/mol. The number of carbonyl (C=O) groups is 1. The highest BCUT2D eigenvalue weighted by atomic mass is 16.1. The summed E-state index contributed by atoms with van der Waals surface area (Å²) in [5, 5.41) is 3.23. The van der Waals surface area contributed by atoms with Crippen molar-refractivity contribution in [3.63, 3.8) is 0 Å². The molecule has 29 heavy (non-hydrogen) atoms. The summed E-state index contributed by atoms with van der Waals surface area (Å²) in [6.45, 7) is 3.02. The number of rotatable bonds is 7. The van der Waals surface area contributed by atoms with Crippen LogP contribution < -0.4 is 5.32 Å². The van der Waals surface area contributed by atoms with E-state index in [9.17, 15) is 4.79 Å². The standard InChI is InChI=1S/C25H27N3O/c29-25(18-21-10-4-5-11-23(21)24-12-6-7-15-26-24)27-22-14-17-28(19-22)16-13-20-8-2-1-3-9-20/h1-12,15,22H,13-14,16-19H2,(H,27,29). The molecule has 0 spiro atoms. The highest BCUT2D eigenvalue weighted by molar-refractivity contribution is 5.81. The Labute approximate surface area is 172 Å². The predicted molar refractivity (Wildman–Crippen MR) is 117 cm³/mol. The number of aromatic nitrogens is 1. The van der Waals surface area contributed by atoms with E-state index in [1.165, 1.54) is 5.56 Å². The number of hydrogen-bond donors (Lipinski definition) is 1. The average molecular weight is 386 g/mol. The summed E-state index contributed by atoms with van der Waals surface area (Å²) >= 11 is 0. The van der Waals surface area contributed by atoms with E-state index in [0.29, 0.717) is 6.42 Å². The summed E-state index contributed by atoms with van der Waals surface area (Å²) in [4.78, 5) is 19.6. The van der Waals surface area contributed by atoms with Crippen LogP contribution in [0.2, 0.25) is 0 Å². The lowest BCUT2D eigenvalue weighted by atomic mass is 10.0. The van der Waals surface area contributed by atoms with Gasteiger partial charge in [0.05, 0.1) is 12.1 Å². The summed E-state index contributed by atoms with van der Waals surface area (Å²) in [6, 6.07) is 24.7. The topological polar surface area (TPSA) is 45.2 Å². The molecule has 0 radical (unpaired) electrons. The zero-order chi connectivity index (χ0) is 19.9. The number of benzene rings is 2. The van der Waals surface area contributed by atoms with Gasteiger partial charge in [-0.25, -0.2) is 0 Å². The fourth-order valence-electron chi connectivity index (χ4n) is 3.98. The maximum Gasteiger partial charge on any atom is 0.224 e. The maximum atomic E-state index is 12.7. The zero-order valence-electron chi connectivity index (χ0n) is 16.6. The molecule has 1 aliphatic heterocycles. The highest BCUT2D eigenvalue weighted by Crippen LogP contribution is 2.22. The second-order valence-electron chi connectivity index (χ2n) is 7.64. The van der Waals surface area contributed by atoms with Crippen molar-refractivity contribution < 1.29 is 4.79 Å². The Balaban J connectivity index is 1.30. The van der Waals surface area contributed by atoms with Gasteiger partial charge in [0.15, 0.2) is 0 Å². The molecule has 2 aromatic carbocycles. The first-order valence-corrected chi connectivity index (χ1v) is 10.3. The molecular formula is C25H27N3O. The molecule has 3 aromatic rings. The van der Waals surface area contributed by atoms with Gasteiger partial charge in [0.1, 0.15) is 0 Å². The number of likely N-dealkylation sites (tertiary alicyclic amines) is 1. The molecule has 1 aliphatic rings. The average Bonchev–Trinajstić information content (AvgIpc) is 3.21. The molecule has 1 unspecified atom stereocenters. The van der Waals surface area contributed by atoms with Crippen LogP contribution in [0.25, 0.3) is 11.3 Å². The minimum Gasteiger partial charge on any atom is -0.352 e. The number of nitrogens with one attached hydrogen (secondary N) is 1. The van der Waals surface area contributed by atoms with Crippen molar-refractivity contribution in [1.29, 1.82) is 0 Å². The van der Waals surface area contributed by atoms with Gasteiger partial charge in [-0.05, 0) is 36.1 Å². The van der Waals surface area contributed by atoms with Crippen molar-refractivity contribution in [1.82, 2.24) is 15.2 Å². The molecule has 0 saturated carbocycles. The maximum absolute atomic E-state index is 12.7. The Morgan fingerprint density at radius 2 is 1.79 bits per heavy atom. The summed E-state index contributed by atoms with van der Waals surface area (Å²) in [5.41, 5.74) is 4.32. The Morgan fingerprint density at radius 1 is 1.00 bits per heavy atom. The first-order valence-electron chi connectivity index (χ1n) is 10.3. The first-order chi connectivity index (χ1) is 14.3. The molecule has 1 atom stereocenters. The molecule has 1 N–H and O–H groups in total. The van der Waals surface area contributed by atoms with Crippen LogP contribution in [0, 0.1) is 0 Å². The fraction of sp³-hybridized carbons (Fsp3) is 0.280. The minimum absolute atomic E-state index is 0.0864. The lowest BCUT2D eigenvalue weighted by Gasteiger charge is -2.17. The summed E-state index contributed by atoms with van der Waals surface area (Å²) < 4.78 is 0. The third kappa shape index (κ3) is 5.30. The summed E-state index contributed by atoms with van der Waals surface area (Å²) in [6.07, 6.45) is 4.24. The van der Waals surface area contributed by atoms with Gasteiger partial charge in [-0.3, -0.25) is 9.78 Å². The van der Waals surface area contributed by atoms with Crippen LogP contribution >= 0.6 is 0 Å². The third-order valence-corrected chi connectivity index (χ3v) is 5.51. The van der Waals surface area contributed by atoms with Crippen molar-refractivity contribution in [2.24, 2.45) is 0 Å². The monoisotopic (exact) mass is 385 g/mol. The van der Waals surface area contributed by atoms with Crippen LogP contribution in [0.5, 0.6) is 0 Å². The Kier molecular flexibility index (Phi) is 6.32. The molecule has 0 aliphatic carbocycles. The van der Waals surface area contributed by atoms with E-state index in [2.05, 4.69) is 45.5 Å². The van der Waals surface area contributed by atoms with Gasteiger partial charge in [0, 0.05) is 37.4 Å². The number of amides is 1. The van der Waals surface area contributed by atoms with E-state index in [4.69, 9.17) is 0 Å². The van der Waals surface area contributed by atoms with Crippen LogP contribution in [0.15, 0.2) is 79.0 Å². The molecule has 4 heteroatoms. The van der Waals surface area contributed by atoms with Gasteiger partial charge in [-0.2, -0.15) is 0 Å². The van der Waals surface area contributed by atoms with Gasteiger partial charge in [-0.15, -0.1) is 0 Å². The van der Waals surface area contributed by atoms with E-state index in [1.54, 1.807) is 6.20 Å². The molecule has 2 heterocycles. The van der Waals surface area contributed by atoms with E-state index in [-0.39, 0.29) is 11.9 Å². The minimum atomic E-state index is 0.0864. The van der Waals surface area contributed by atoms with Gasteiger partial charge in [-0.1, -0.05) is 60.7 Å². The Bertz CT molecular complexity index is 927. The molecule has 0 bridgehead atoms. The van der Waals surface area contributed by atoms with Crippen LogP contribution in [0.3, 0.4) is 0 Å². The summed E-state index contributed by atoms with van der Waals surface area (Å²) in [5.74, 6) is 0.0864. The summed E-state index contributed by atoms with van der Waals surface area (Å²) in [7, 11) is 0. The quantitative estimate of drug-likeness (QED) is 0.674. The molecule has 1 fully saturated rings. The number of carbonyl (C=O) groups excluding carboxylic acids is 1. The van der Waals surface area contributed by atoms with Gasteiger partial charge in [0.25, 0.3) is 0 Å². The second-order valence-corrected chi connectivity index (χ2v) is 7.64. The van der Waals surface area contributed by atoms with Crippen LogP contribution in [-0.4, -0.2) is 41.5 Å². The van der Waals surface area contributed by atoms with Crippen molar-refractivity contribution >= 4 is 5.91 Å². The molecule has 148 valence electrons. The van der Waals surface area contributed by atoms with Crippen molar-refractivity contribution in [3.8, 4) is 11.3 Å². The third-order valence-electron chi connectivity index (χ3n) is 5.51. The second kappa shape index (κ2) is 9.48. The van der Waals surface area contributed by atoms with Crippen LogP contribution in [0.4, 0.5) is 0 Å². The van der Waals surface area contributed by atoms with E-state index < -0.39 is 0 Å². The smallest absolute Gasteiger partial charge is 0.224 e. The first kappa shape index (κ1) is 19.3. The Hall–Kier alpha value is -2.98. The molecule has 1 amide bonds. The lowest BCUT2D eigenvalue weighted by molar-refractivity contribution is -0.121. The van der Waals surface area contributed by atoms with E-state index in [0.717, 1.165) is 49.3 Å². The number of hydrogen-bond acceptors (Lipinski definition) is 3. The largest absolute Gasteiger partial charge is 0.352 e. The van der Waals surface area contributed by atoms with Gasteiger partial charge < -0.3 is 10.2 Å². The van der Waals surface area contributed by atoms with Crippen molar-refractivity contribution in [2.75, 3.05) is 19.6 Å². The van der Waals surface area contributed by atoms with Crippen LogP contribution in [-0.2, 0) is 17.6 Å². The molecule has 4 nitrogen and oxygen atoms in total. The normalized spacial score (nSPS) is 16.6. The SMILES string of the molecule is O=C(Cc1ccccc1-c1ccccn1)NC1CCN(CCc2ccccc2)C1. The van der Waals surface area contributed by atoms with E-state index in [1.807, 2.05) is 42.5 Å². The zero-order valence-corrected chi connectivity index (χ0v) is 16.6. The van der Waals surface area contributed by atoms with Crippen molar-refractivity contribution in [2.45, 2.75) is 25.3 Å². The lowest BCUT2D eigenvalue weighted by Crippen LogP contribution is -2.38. The predicted octanol–water partition coefficient (Wildman–Crippen LogP) is 3.72. The van der Waals surface area contributed by atoms with Crippen molar-refractivity contribution in [3.05, 3.63) is 90.1 Å². The fourth-order valence-corrected chi connectivity index (χ4v) is 3.98. The molecule has 4 rings (SSSR count). The number of nitrogens with zero attached hydrogens (tertiary/aromatic N) is 2. The molecule has 1 aromatic heterocycles. The van der Waals surface area contributed by atoms with Gasteiger partial charge in [0.2, 0.25) is 5.91 Å². The number of pyridine rings is 1. The van der Waals surface area contributed by atoms with Crippen LogP contribution in [0.1, 0.15) is 17.5 Å². The van der Waals surface area contributed by atoms with Gasteiger partial charge >= 0.3 is 0 Å². The highest BCUT2D eigenvalue weighted by Gasteiger charge is 2.23.